The van der Waals surface area contributed by atoms with Crippen LogP contribution >= 0.6 is 11.3 Å². The second-order valence-electron chi connectivity index (χ2n) is 9.39. The lowest BCUT2D eigenvalue weighted by Crippen LogP contribution is -2.47. The molecule has 0 saturated heterocycles. The SMILES string of the molecule is COc1cccc([C@H](C(=O)NC2CCCCC2)N(C(=O)Cc2cccs2)c2ccc3c(c2)OCO3)c1OC. The fourth-order valence-electron chi connectivity index (χ4n) is 5.17. The molecule has 1 atom stereocenters. The van der Waals surface area contributed by atoms with Gasteiger partial charge < -0.3 is 24.3 Å². The fraction of sp³-hybridized carbons (Fsp3) is 0.379. The van der Waals surface area contributed by atoms with Crippen molar-refractivity contribution < 1.29 is 28.5 Å². The fourth-order valence-corrected chi connectivity index (χ4v) is 5.87. The quantitative estimate of drug-likeness (QED) is 0.402. The smallest absolute Gasteiger partial charge is 0.248 e. The zero-order valence-corrected chi connectivity index (χ0v) is 22.4. The van der Waals surface area contributed by atoms with E-state index in [2.05, 4.69) is 5.32 Å². The Labute approximate surface area is 226 Å². The third-order valence-electron chi connectivity index (χ3n) is 6.99. The number of carbonyl (C=O) groups is 2. The predicted molar refractivity (Wildman–Crippen MR) is 145 cm³/mol. The second kappa shape index (κ2) is 11.8. The lowest BCUT2D eigenvalue weighted by molar-refractivity contribution is -0.127. The van der Waals surface area contributed by atoms with Crippen LogP contribution in [0.25, 0.3) is 0 Å². The average Bonchev–Trinajstić information content (AvgIpc) is 3.63. The molecule has 1 aromatic heterocycles. The normalized spacial score (nSPS) is 15.5. The third-order valence-corrected chi connectivity index (χ3v) is 7.87. The van der Waals surface area contributed by atoms with Crippen molar-refractivity contribution in [2.45, 2.75) is 50.6 Å². The molecular weight excluding hydrogens is 504 g/mol. The summed E-state index contributed by atoms with van der Waals surface area (Å²) in [6.45, 7) is 0.108. The van der Waals surface area contributed by atoms with E-state index in [1.165, 1.54) is 24.9 Å². The molecule has 38 heavy (non-hydrogen) atoms. The monoisotopic (exact) mass is 536 g/mol. The van der Waals surface area contributed by atoms with Gasteiger partial charge in [-0.25, -0.2) is 0 Å². The number of anilines is 1. The van der Waals surface area contributed by atoms with Gasteiger partial charge in [-0.3, -0.25) is 14.5 Å². The predicted octanol–water partition coefficient (Wildman–Crippen LogP) is 5.26. The summed E-state index contributed by atoms with van der Waals surface area (Å²) in [4.78, 5) is 30.7. The Balaban J connectivity index is 1.62. The Bertz CT molecular complexity index is 1270. The van der Waals surface area contributed by atoms with Gasteiger partial charge in [0.2, 0.25) is 18.6 Å². The van der Waals surface area contributed by atoms with E-state index in [1.54, 1.807) is 42.3 Å². The van der Waals surface area contributed by atoms with Gasteiger partial charge in [0.15, 0.2) is 23.0 Å². The average molecular weight is 537 g/mol. The molecule has 5 rings (SSSR count). The molecule has 2 amide bonds. The van der Waals surface area contributed by atoms with Crippen molar-refractivity contribution in [3.8, 4) is 23.0 Å². The summed E-state index contributed by atoms with van der Waals surface area (Å²) in [6, 6.07) is 13.6. The Morgan fingerprint density at radius 2 is 1.84 bits per heavy atom. The van der Waals surface area contributed by atoms with E-state index >= 15 is 0 Å². The van der Waals surface area contributed by atoms with Crippen LogP contribution in [0.15, 0.2) is 53.9 Å². The second-order valence-corrected chi connectivity index (χ2v) is 10.4. The minimum Gasteiger partial charge on any atom is -0.493 e. The van der Waals surface area contributed by atoms with Crippen LogP contribution in [0, 0.1) is 0 Å². The van der Waals surface area contributed by atoms with E-state index < -0.39 is 6.04 Å². The van der Waals surface area contributed by atoms with E-state index in [4.69, 9.17) is 18.9 Å². The number of hydrogen-bond acceptors (Lipinski definition) is 7. The standard InChI is InChI=1S/C29H32N2O6S/c1-34-24-12-6-11-22(28(24)35-2)27(29(33)30-19-8-4-3-5-9-19)31(26(32)17-21-10-7-15-38-21)20-13-14-23-25(16-20)37-18-36-23/h6-7,10-16,19,27H,3-5,8-9,17-18H2,1-2H3,(H,30,33)/t27-/m1/s1. The van der Waals surface area contributed by atoms with Crippen molar-refractivity contribution in [3.05, 3.63) is 64.4 Å². The molecule has 0 spiro atoms. The van der Waals surface area contributed by atoms with Gasteiger partial charge in [-0.15, -0.1) is 11.3 Å². The summed E-state index contributed by atoms with van der Waals surface area (Å²) in [7, 11) is 3.09. The number of rotatable bonds is 9. The molecule has 1 aliphatic carbocycles. The summed E-state index contributed by atoms with van der Waals surface area (Å²) < 4.78 is 22.4. The number of thiophene rings is 1. The molecule has 2 aliphatic rings. The van der Waals surface area contributed by atoms with E-state index in [9.17, 15) is 9.59 Å². The first kappa shape index (κ1) is 25.9. The molecule has 8 nitrogen and oxygen atoms in total. The molecule has 3 aromatic rings. The summed E-state index contributed by atoms with van der Waals surface area (Å²) in [5, 5.41) is 5.18. The van der Waals surface area contributed by atoms with Crippen molar-refractivity contribution in [3.63, 3.8) is 0 Å². The minimum atomic E-state index is -1.00. The third kappa shape index (κ3) is 5.43. The number of fused-ring (bicyclic) bond motifs is 1. The Morgan fingerprint density at radius 1 is 1.03 bits per heavy atom. The van der Waals surface area contributed by atoms with E-state index in [1.807, 2.05) is 23.6 Å². The molecule has 9 heteroatoms. The molecule has 0 bridgehead atoms. The lowest BCUT2D eigenvalue weighted by atomic mass is 9.94. The Morgan fingerprint density at radius 3 is 2.58 bits per heavy atom. The Hall–Kier alpha value is -3.72. The molecule has 2 aromatic carbocycles. The molecule has 200 valence electrons. The van der Waals surface area contributed by atoms with Crippen molar-refractivity contribution in [1.29, 1.82) is 0 Å². The molecule has 0 unspecified atom stereocenters. The number of ether oxygens (including phenoxy) is 4. The maximum atomic E-state index is 14.2. The van der Waals surface area contributed by atoms with Crippen LogP contribution in [0.1, 0.15) is 48.6 Å². The maximum Gasteiger partial charge on any atom is 0.248 e. The molecule has 0 radical (unpaired) electrons. The van der Waals surface area contributed by atoms with E-state index in [0.717, 1.165) is 30.6 Å². The molecule has 1 saturated carbocycles. The van der Waals surface area contributed by atoms with Crippen molar-refractivity contribution in [2.75, 3.05) is 25.9 Å². The largest absolute Gasteiger partial charge is 0.493 e. The molecular formula is C29H32N2O6S. The van der Waals surface area contributed by atoms with Gasteiger partial charge in [0.25, 0.3) is 0 Å². The number of benzene rings is 2. The highest BCUT2D eigenvalue weighted by Crippen LogP contribution is 2.42. The topological polar surface area (TPSA) is 86.3 Å². The number of carbonyl (C=O) groups excluding carboxylic acids is 2. The number of methoxy groups -OCH3 is 2. The van der Waals surface area contributed by atoms with Crippen LogP contribution in [-0.2, 0) is 16.0 Å². The Kier molecular flexibility index (Phi) is 8.03. The van der Waals surface area contributed by atoms with Crippen LogP contribution in [0.3, 0.4) is 0 Å². The van der Waals surface area contributed by atoms with Crippen LogP contribution in [0.5, 0.6) is 23.0 Å². The van der Waals surface area contributed by atoms with E-state index in [-0.39, 0.29) is 31.1 Å². The number of hydrogen-bond donors (Lipinski definition) is 1. The maximum absolute atomic E-state index is 14.2. The lowest BCUT2D eigenvalue weighted by Gasteiger charge is -2.34. The number of amides is 2. The zero-order chi connectivity index (χ0) is 26.5. The van der Waals surface area contributed by atoms with E-state index in [0.29, 0.717) is 34.2 Å². The first-order chi connectivity index (χ1) is 18.6. The highest BCUT2D eigenvalue weighted by molar-refractivity contribution is 7.10. The van der Waals surface area contributed by atoms with Crippen LogP contribution in [0.2, 0.25) is 0 Å². The summed E-state index contributed by atoms with van der Waals surface area (Å²) in [5.74, 6) is 1.54. The molecule has 1 fully saturated rings. The van der Waals surface area contributed by atoms with Crippen molar-refractivity contribution in [1.82, 2.24) is 5.32 Å². The number of para-hydroxylation sites is 1. The van der Waals surface area contributed by atoms with Gasteiger partial charge in [-0.1, -0.05) is 37.5 Å². The highest BCUT2D eigenvalue weighted by Gasteiger charge is 2.37. The van der Waals surface area contributed by atoms with Crippen LogP contribution < -0.4 is 29.2 Å². The van der Waals surface area contributed by atoms with Gasteiger partial charge in [0.05, 0.1) is 20.6 Å². The molecule has 2 heterocycles. The minimum absolute atomic E-state index is 0.0568. The van der Waals surface area contributed by atoms with Gasteiger partial charge in [0.1, 0.15) is 6.04 Å². The summed E-state index contributed by atoms with van der Waals surface area (Å²) >= 11 is 1.50. The van der Waals surface area contributed by atoms with Gasteiger partial charge in [0, 0.05) is 28.2 Å². The number of nitrogens with zero attached hydrogens (tertiary/aromatic N) is 1. The van der Waals surface area contributed by atoms with Crippen molar-refractivity contribution in [2.24, 2.45) is 0 Å². The van der Waals surface area contributed by atoms with Crippen molar-refractivity contribution >= 4 is 28.8 Å². The zero-order valence-electron chi connectivity index (χ0n) is 21.6. The molecule has 1 N–H and O–H groups in total. The van der Waals surface area contributed by atoms with Gasteiger partial charge >= 0.3 is 0 Å². The molecule has 1 aliphatic heterocycles. The highest BCUT2D eigenvalue weighted by atomic mass is 32.1. The summed E-state index contributed by atoms with van der Waals surface area (Å²) in [5.41, 5.74) is 1.07. The van der Waals surface area contributed by atoms with Gasteiger partial charge in [-0.2, -0.15) is 0 Å². The number of nitrogens with one attached hydrogen (secondary N) is 1. The summed E-state index contributed by atoms with van der Waals surface area (Å²) in [6.07, 6.45) is 5.29. The van der Waals surface area contributed by atoms with Crippen LogP contribution in [0.4, 0.5) is 5.69 Å². The first-order valence-corrected chi connectivity index (χ1v) is 13.7. The van der Waals surface area contributed by atoms with Crippen LogP contribution in [-0.4, -0.2) is 38.9 Å². The first-order valence-electron chi connectivity index (χ1n) is 12.8. The van der Waals surface area contributed by atoms with Gasteiger partial charge in [-0.05, 0) is 42.5 Å².